The summed E-state index contributed by atoms with van der Waals surface area (Å²) in [7, 11) is 4.74. The third kappa shape index (κ3) is 5.07. The number of urea groups is 1. The number of amides is 3. The first kappa shape index (κ1) is 23.2. The lowest BCUT2D eigenvalue weighted by Gasteiger charge is -2.38. The number of hydrogen-bond acceptors (Lipinski definition) is 5. The van der Waals surface area contributed by atoms with Crippen molar-refractivity contribution in [3.05, 3.63) is 53.1 Å². The van der Waals surface area contributed by atoms with Gasteiger partial charge in [0, 0.05) is 24.7 Å². The van der Waals surface area contributed by atoms with Crippen LogP contribution in [0.5, 0.6) is 17.2 Å². The van der Waals surface area contributed by atoms with Crippen LogP contribution in [0.25, 0.3) is 0 Å². The van der Waals surface area contributed by atoms with Crippen molar-refractivity contribution >= 4 is 11.9 Å². The van der Waals surface area contributed by atoms with Crippen molar-refractivity contribution < 1.29 is 23.8 Å². The molecular weight excluding hydrogens is 410 g/mol. The number of hydrogen-bond donors (Lipinski definition) is 2. The summed E-state index contributed by atoms with van der Waals surface area (Å²) in [5.74, 6) is 1.60. The van der Waals surface area contributed by atoms with E-state index in [0.29, 0.717) is 35.8 Å². The molecule has 32 heavy (non-hydrogen) atoms. The van der Waals surface area contributed by atoms with Crippen LogP contribution in [0.3, 0.4) is 0 Å². The fourth-order valence-electron chi connectivity index (χ4n) is 3.88. The van der Waals surface area contributed by atoms with E-state index in [-0.39, 0.29) is 30.6 Å². The van der Waals surface area contributed by atoms with Gasteiger partial charge >= 0.3 is 6.03 Å². The quantitative estimate of drug-likeness (QED) is 0.689. The van der Waals surface area contributed by atoms with Crippen LogP contribution < -0.4 is 24.8 Å². The molecule has 0 bridgehead atoms. The Balaban J connectivity index is 1.90. The molecule has 8 nitrogen and oxygen atoms in total. The van der Waals surface area contributed by atoms with Gasteiger partial charge in [-0.15, -0.1) is 0 Å². The molecule has 0 unspecified atom stereocenters. The first-order valence-corrected chi connectivity index (χ1v) is 10.6. The van der Waals surface area contributed by atoms with Crippen LogP contribution in [0.2, 0.25) is 0 Å². The summed E-state index contributed by atoms with van der Waals surface area (Å²) in [6.45, 7) is 4.62. The summed E-state index contributed by atoms with van der Waals surface area (Å²) in [5.41, 5.74) is 2.49. The summed E-state index contributed by atoms with van der Waals surface area (Å²) >= 11 is 0. The van der Waals surface area contributed by atoms with Gasteiger partial charge in [0.15, 0.2) is 11.5 Å². The third-order valence-electron chi connectivity index (χ3n) is 5.46. The minimum atomic E-state index is -0.355. The topological polar surface area (TPSA) is 89.1 Å². The highest BCUT2D eigenvalue weighted by Gasteiger charge is 2.32. The van der Waals surface area contributed by atoms with Gasteiger partial charge < -0.3 is 29.7 Å². The van der Waals surface area contributed by atoms with Crippen LogP contribution in [-0.2, 0) is 6.42 Å². The molecule has 0 fully saturated rings. The van der Waals surface area contributed by atoms with Gasteiger partial charge in [0.25, 0.3) is 5.91 Å². The zero-order chi connectivity index (χ0) is 23.3. The lowest BCUT2D eigenvalue weighted by atomic mass is 9.91. The minimum Gasteiger partial charge on any atom is -0.497 e. The van der Waals surface area contributed by atoms with E-state index < -0.39 is 0 Å². The van der Waals surface area contributed by atoms with Crippen molar-refractivity contribution in [2.75, 3.05) is 34.4 Å². The number of fused-ring (bicyclic) bond motifs is 1. The first-order valence-electron chi connectivity index (χ1n) is 10.6. The lowest BCUT2D eigenvalue weighted by molar-refractivity contribution is 0.0933. The molecule has 0 saturated carbocycles. The van der Waals surface area contributed by atoms with Crippen LogP contribution in [0, 0.1) is 0 Å². The van der Waals surface area contributed by atoms with Crippen molar-refractivity contribution in [2.45, 2.75) is 32.4 Å². The lowest BCUT2D eigenvalue weighted by Crippen LogP contribution is -2.50. The maximum Gasteiger partial charge on any atom is 0.318 e. The Morgan fingerprint density at radius 3 is 2.44 bits per heavy atom. The molecule has 2 N–H and O–H groups in total. The second-order valence-corrected chi connectivity index (χ2v) is 7.91. The van der Waals surface area contributed by atoms with Crippen LogP contribution in [0.1, 0.15) is 41.4 Å². The van der Waals surface area contributed by atoms with E-state index in [1.165, 1.54) is 0 Å². The molecule has 0 aliphatic carbocycles. The number of carbonyl (C=O) groups excluding carboxylic acids is 2. The maximum absolute atomic E-state index is 12.9. The molecule has 1 aliphatic heterocycles. The number of ether oxygens (including phenoxy) is 3. The molecule has 2 aromatic rings. The SMILES string of the molecule is COc1cccc(C(=O)NC[C@H]2c3cc(OC)c(OC)cc3CCN2C(=O)NC(C)C)c1. The van der Waals surface area contributed by atoms with E-state index >= 15 is 0 Å². The van der Waals surface area contributed by atoms with Gasteiger partial charge in [0.1, 0.15) is 5.75 Å². The number of rotatable bonds is 7. The average molecular weight is 442 g/mol. The van der Waals surface area contributed by atoms with E-state index in [4.69, 9.17) is 14.2 Å². The van der Waals surface area contributed by atoms with Gasteiger partial charge in [-0.2, -0.15) is 0 Å². The van der Waals surface area contributed by atoms with Crippen LogP contribution >= 0.6 is 0 Å². The normalized spacial score (nSPS) is 15.1. The van der Waals surface area contributed by atoms with Crippen LogP contribution in [0.15, 0.2) is 36.4 Å². The smallest absolute Gasteiger partial charge is 0.318 e. The standard InChI is InChI=1S/C24H31N3O5/c1-15(2)26-24(29)27-10-9-16-12-21(31-4)22(32-5)13-19(16)20(27)14-25-23(28)17-7-6-8-18(11-17)30-3/h6-8,11-13,15,20H,9-10,14H2,1-5H3,(H,25,28)(H,26,29)/t20-/m0/s1. The first-order chi connectivity index (χ1) is 15.4. The molecule has 0 aromatic heterocycles. The predicted molar refractivity (Wildman–Crippen MR) is 122 cm³/mol. The molecular formula is C24H31N3O5. The van der Waals surface area contributed by atoms with Gasteiger partial charge in [-0.25, -0.2) is 4.79 Å². The molecule has 0 saturated heterocycles. The van der Waals surface area contributed by atoms with Gasteiger partial charge in [0.05, 0.1) is 27.4 Å². The van der Waals surface area contributed by atoms with Gasteiger partial charge in [-0.05, 0) is 61.7 Å². The zero-order valence-corrected chi connectivity index (χ0v) is 19.2. The van der Waals surface area contributed by atoms with E-state index in [2.05, 4.69) is 10.6 Å². The summed E-state index contributed by atoms with van der Waals surface area (Å²) in [6.07, 6.45) is 0.682. The predicted octanol–water partition coefficient (Wildman–Crippen LogP) is 3.16. The number of nitrogens with one attached hydrogen (secondary N) is 2. The number of nitrogens with zero attached hydrogens (tertiary/aromatic N) is 1. The number of methoxy groups -OCH3 is 3. The van der Waals surface area contributed by atoms with E-state index in [9.17, 15) is 9.59 Å². The minimum absolute atomic E-state index is 0.00123. The van der Waals surface area contributed by atoms with Crippen molar-refractivity contribution in [1.29, 1.82) is 0 Å². The molecule has 3 rings (SSSR count). The zero-order valence-electron chi connectivity index (χ0n) is 19.2. The summed E-state index contributed by atoms with van der Waals surface area (Å²) in [4.78, 5) is 27.5. The van der Waals surface area contributed by atoms with Crippen LogP contribution in [-0.4, -0.2) is 57.3 Å². The average Bonchev–Trinajstić information content (AvgIpc) is 2.80. The molecule has 1 atom stereocenters. The Kier molecular flexibility index (Phi) is 7.45. The van der Waals surface area contributed by atoms with Crippen molar-refractivity contribution in [2.24, 2.45) is 0 Å². The molecule has 8 heteroatoms. The Labute approximate surface area is 188 Å². The molecule has 0 spiro atoms. The van der Waals surface area contributed by atoms with E-state index in [1.807, 2.05) is 26.0 Å². The van der Waals surface area contributed by atoms with E-state index in [1.54, 1.807) is 50.5 Å². The highest BCUT2D eigenvalue weighted by atomic mass is 16.5. The highest BCUT2D eigenvalue weighted by molar-refractivity contribution is 5.94. The van der Waals surface area contributed by atoms with E-state index in [0.717, 1.165) is 11.1 Å². The Hall–Kier alpha value is -3.42. The van der Waals surface area contributed by atoms with Gasteiger partial charge in [-0.1, -0.05) is 6.07 Å². The summed E-state index contributed by atoms with van der Waals surface area (Å²) < 4.78 is 16.1. The van der Waals surface area contributed by atoms with Crippen LogP contribution in [0.4, 0.5) is 4.79 Å². The summed E-state index contributed by atoms with van der Waals surface area (Å²) in [5, 5.41) is 5.94. The monoisotopic (exact) mass is 441 g/mol. The molecule has 172 valence electrons. The molecule has 0 radical (unpaired) electrons. The van der Waals surface area contributed by atoms with Crippen molar-refractivity contribution in [1.82, 2.24) is 15.5 Å². The third-order valence-corrected chi connectivity index (χ3v) is 5.46. The molecule has 1 aliphatic rings. The van der Waals surface area contributed by atoms with Crippen molar-refractivity contribution in [3.8, 4) is 17.2 Å². The fraction of sp³-hybridized carbons (Fsp3) is 0.417. The summed E-state index contributed by atoms with van der Waals surface area (Å²) in [6, 6.07) is 10.3. The molecule has 3 amide bonds. The van der Waals surface area contributed by atoms with Crippen molar-refractivity contribution in [3.63, 3.8) is 0 Å². The van der Waals surface area contributed by atoms with Gasteiger partial charge in [0.2, 0.25) is 0 Å². The Bertz CT molecular complexity index is 976. The Morgan fingerprint density at radius 2 is 1.78 bits per heavy atom. The Morgan fingerprint density at radius 1 is 1.06 bits per heavy atom. The van der Waals surface area contributed by atoms with Gasteiger partial charge in [-0.3, -0.25) is 4.79 Å². The number of carbonyl (C=O) groups is 2. The highest BCUT2D eigenvalue weighted by Crippen LogP contribution is 2.38. The number of benzene rings is 2. The maximum atomic E-state index is 12.9. The largest absolute Gasteiger partial charge is 0.497 e. The second-order valence-electron chi connectivity index (χ2n) is 7.91. The molecule has 2 aromatic carbocycles. The fourth-order valence-corrected chi connectivity index (χ4v) is 3.88. The molecule has 1 heterocycles. The second kappa shape index (κ2) is 10.3.